The molecule has 162 valence electrons. The van der Waals surface area contributed by atoms with Gasteiger partial charge in [-0.05, 0) is 25.7 Å². The van der Waals surface area contributed by atoms with E-state index >= 15 is 0 Å². The standard InChI is InChI=1S/C23H33N5O2/c1-16(2)22-20(24-15-30-22)14-27-7-9-28(10-8-27)21-13-19(17-5-11-29-12-6-17)25-23(26-21)18-3-4-18/h13,15-18H,3-12,14H2,1-2H3. The first kappa shape index (κ1) is 19.9. The number of rotatable bonds is 6. The third-order valence-corrected chi connectivity index (χ3v) is 6.60. The number of anilines is 1. The molecule has 1 saturated carbocycles. The number of aromatic nitrogens is 3. The van der Waals surface area contributed by atoms with Gasteiger partial charge >= 0.3 is 0 Å². The Morgan fingerprint density at radius 3 is 2.47 bits per heavy atom. The SMILES string of the molecule is CC(C)c1ocnc1CN1CCN(c2cc(C3CCOCC3)nc(C3CC3)n2)CC1. The predicted octanol–water partition coefficient (Wildman–Crippen LogP) is 3.68. The molecule has 0 atom stereocenters. The van der Waals surface area contributed by atoms with Gasteiger partial charge in [0.05, 0.1) is 5.69 Å². The molecule has 7 nitrogen and oxygen atoms in total. The molecule has 3 aliphatic rings. The highest BCUT2D eigenvalue weighted by molar-refractivity contribution is 5.42. The van der Waals surface area contributed by atoms with Crippen molar-refractivity contribution in [1.29, 1.82) is 0 Å². The summed E-state index contributed by atoms with van der Waals surface area (Å²) >= 11 is 0. The Morgan fingerprint density at radius 2 is 1.77 bits per heavy atom. The van der Waals surface area contributed by atoms with E-state index in [1.165, 1.54) is 18.5 Å². The van der Waals surface area contributed by atoms with E-state index in [1.54, 1.807) is 6.39 Å². The predicted molar refractivity (Wildman–Crippen MR) is 115 cm³/mol. The number of piperazine rings is 1. The second kappa shape index (κ2) is 8.63. The van der Waals surface area contributed by atoms with E-state index in [4.69, 9.17) is 19.1 Å². The summed E-state index contributed by atoms with van der Waals surface area (Å²) in [6.45, 7) is 10.9. The molecular formula is C23H33N5O2. The average molecular weight is 412 g/mol. The van der Waals surface area contributed by atoms with Crippen LogP contribution < -0.4 is 4.90 Å². The maximum Gasteiger partial charge on any atom is 0.181 e. The third-order valence-electron chi connectivity index (χ3n) is 6.60. The second-order valence-electron chi connectivity index (χ2n) is 9.25. The molecule has 0 unspecified atom stereocenters. The minimum Gasteiger partial charge on any atom is -0.448 e. The van der Waals surface area contributed by atoms with Gasteiger partial charge in [0, 0.05) is 75.5 Å². The van der Waals surface area contributed by atoms with Gasteiger partial charge in [-0.1, -0.05) is 13.8 Å². The molecule has 30 heavy (non-hydrogen) atoms. The molecule has 2 aromatic heterocycles. The molecule has 1 aliphatic carbocycles. The molecule has 4 heterocycles. The highest BCUT2D eigenvalue weighted by Crippen LogP contribution is 2.40. The van der Waals surface area contributed by atoms with Crippen LogP contribution in [0.1, 0.15) is 80.3 Å². The largest absolute Gasteiger partial charge is 0.448 e. The van der Waals surface area contributed by atoms with E-state index in [2.05, 4.69) is 34.7 Å². The lowest BCUT2D eigenvalue weighted by Crippen LogP contribution is -2.46. The lowest BCUT2D eigenvalue weighted by atomic mass is 9.96. The van der Waals surface area contributed by atoms with Crippen LogP contribution in [0.5, 0.6) is 0 Å². The van der Waals surface area contributed by atoms with E-state index in [0.29, 0.717) is 17.8 Å². The van der Waals surface area contributed by atoms with Crippen LogP contribution in [0.15, 0.2) is 16.9 Å². The van der Waals surface area contributed by atoms with Gasteiger partial charge in [0.2, 0.25) is 0 Å². The lowest BCUT2D eigenvalue weighted by Gasteiger charge is -2.35. The quantitative estimate of drug-likeness (QED) is 0.718. The fourth-order valence-corrected chi connectivity index (χ4v) is 4.57. The first-order chi connectivity index (χ1) is 14.7. The van der Waals surface area contributed by atoms with Gasteiger partial charge < -0.3 is 14.1 Å². The third kappa shape index (κ3) is 4.37. The van der Waals surface area contributed by atoms with Crippen molar-refractivity contribution >= 4 is 5.82 Å². The first-order valence-electron chi connectivity index (χ1n) is 11.5. The summed E-state index contributed by atoms with van der Waals surface area (Å²) in [6, 6.07) is 2.26. The summed E-state index contributed by atoms with van der Waals surface area (Å²) in [6.07, 6.45) is 6.20. The maximum atomic E-state index is 5.60. The van der Waals surface area contributed by atoms with Gasteiger partial charge in [-0.15, -0.1) is 0 Å². The summed E-state index contributed by atoms with van der Waals surface area (Å²) in [5.41, 5.74) is 2.31. The van der Waals surface area contributed by atoms with Crippen molar-refractivity contribution < 1.29 is 9.15 Å². The molecule has 3 fully saturated rings. The maximum absolute atomic E-state index is 5.60. The normalized spacial score (nSPS) is 21.5. The van der Waals surface area contributed by atoms with Crippen LogP contribution in [-0.2, 0) is 11.3 Å². The molecule has 5 rings (SSSR count). The smallest absolute Gasteiger partial charge is 0.181 e. The van der Waals surface area contributed by atoms with Gasteiger partial charge in [-0.25, -0.2) is 15.0 Å². The van der Waals surface area contributed by atoms with Gasteiger partial charge in [0.15, 0.2) is 6.39 Å². The highest BCUT2D eigenvalue weighted by Gasteiger charge is 2.30. The molecule has 2 saturated heterocycles. The zero-order valence-electron chi connectivity index (χ0n) is 18.2. The van der Waals surface area contributed by atoms with E-state index < -0.39 is 0 Å². The van der Waals surface area contributed by atoms with Crippen molar-refractivity contribution in [2.24, 2.45) is 0 Å². The molecule has 0 amide bonds. The molecule has 0 bridgehead atoms. The molecule has 0 aromatic carbocycles. The minimum absolute atomic E-state index is 0.370. The van der Waals surface area contributed by atoms with Crippen LogP contribution in [0.4, 0.5) is 5.82 Å². The molecule has 0 N–H and O–H groups in total. The van der Waals surface area contributed by atoms with Crippen LogP contribution in [0.2, 0.25) is 0 Å². The summed E-state index contributed by atoms with van der Waals surface area (Å²) in [7, 11) is 0. The number of hydrogen-bond donors (Lipinski definition) is 0. The second-order valence-corrected chi connectivity index (χ2v) is 9.25. The summed E-state index contributed by atoms with van der Waals surface area (Å²) in [5, 5.41) is 0. The monoisotopic (exact) mass is 411 g/mol. The van der Waals surface area contributed by atoms with Crippen LogP contribution >= 0.6 is 0 Å². The van der Waals surface area contributed by atoms with E-state index in [9.17, 15) is 0 Å². The van der Waals surface area contributed by atoms with Crippen LogP contribution in [0.3, 0.4) is 0 Å². The van der Waals surface area contributed by atoms with Gasteiger partial charge in [0.1, 0.15) is 17.4 Å². The zero-order chi connectivity index (χ0) is 20.5. The van der Waals surface area contributed by atoms with Crippen molar-refractivity contribution in [3.63, 3.8) is 0 Å². The van der Waals surface area contributed by atoms with Crippen molar-refractivity contribution in [2.45, 2.75) is 63.8 Å². The molecular weight excluding hydrogens is 378 g/mol. The van der Waals surface area contributed by atoms with Crippen molar-refractivity contribution in [1.82, 2.24) is 19.9 Å². The lowest BCUT2D eigenvalue weighted by molar-refractivity contribution is 0.0844. The molecule has 0 radical (unpaired) electrons. The summed E-state index contributed by atoms with van der Waals surface area (Å²) in [4.78, 5) is 19.3. The Labute approximate surface area is 178 Å². The van der Waals surface area contributed by atoms with Crippen molar-refractivity contribution in [3.05, 3.63) is 35.4 Å². The van der Waals surface area contributed by atoms with E-state index in [0.717, 1.165) is 81.9 Å². The first-order valence-corrected chi connectivity index (χ1v) is 11.5. The van der Waals surface area contributed by atoms with Gasteiger partial charge in [-0.2, -0.15) is 0 Å². The number of ether oxygens (including phenoxy) is 1. The van der Waals surface area contributed by atoms with Crippen molar-refractivity contribution in [2.75, 3.05) is 44.3 Å². The fourth-order valence-electron chi connectivity index (χ4n) is 4.57. The van der Waals surface area contributed by atoms with Crippen LogP contribution in [0.25, 0.3) is 0 Å². The van der Waals surface area contributed by atoms with Gasteiger partial charge in [0.25, 0.3) is 0 Å². The summed E-state index contributed by atoms with van der Waals surface area (Å²) in [5.74, 6) is 4.67. The van der Waals surface area contributed by atoms with E-state index in [1.807, 2.05) is 0 Å². The Kier molecular flexibility index (Phi) is 5.74. The van der Waals surface area contributed by atoms with E-state index in [-0.39, 0.29) is 0 Å². The van der Waals surface area contributed by atoms with Crippen LogP contribution in [0, 0.1) is 0 Å². The number of hydrogen-bond acceptors (Lipinski definition) is 7. The Bertz CT molecular complexity index is 849. The Balaban J connectivity index is 1.27. The van der Waals surface area contributed by atoms with Crippen molar-refractivity contribution in [3.8, 4) is 0 Å². The van der Waals surface area contributed by atoms with Crippen LogP contribution in [-0.4, -0.2) is 59.2 Å². The minimum atomic E-state index is 0.370. The average Bonchev–Trinajstić information content (AvgIpc) is 3.53. The molecule has 2 aliphatic heterocycles. The molecule has 7 heteroatoms. The molecule has 0 spiro atoms. The summed E-state index contributed by atoms with van der Waals surface area (Å²) < 4.78 is 11.2. The zero-order valence-corrected chi connectivity index (χ0v) is 18.2. The van der Waals surface area contributed by atoms with Gasteiger partial charge in [-0.3, -0.25) is 4.90 Å². The molecule has 2 aromatic rings. The highest BCUT2D eigenvalue weighted by atomic mass is 16.5. The Morgan fingerprint density at radius 1 is 1.00 bits per heavy atom. The Hall–Kier alpha value is -1.99. The fraction of sp³-hybridized carbons (Fsp3) is 0.696. The number of oxazole rings is 1. The number of nitrogens with zero attached hydrogens (tertiary/aromatic N) is 5. The topological polar surface area (TPSA) is 67.5 Å².